The van der Waals surface area contributed by atoms with Gasteiger partial charge in [-0.2, -0.15) is 0 Å². The lowest BCUT2D eigenvalue weighted by molar-refractivity contribution is 0.0735. The number of benzene rings is 1. The van der Waals surface area contributed by atoms with Crippen molar-refractivity contribution < 1.29 is 8.58 Å². The van der Waals surface area contributed by atoms with Gasteiger partial charge in [-0.25, -0.2) is 9.78 Å². The molecule has 4 nitrogen and oxygen atoms in total. The number of hydrogen-bond acceptors (Lipinski definition) is 3. The fourth-order valence-electron chi connectivity index (χ4n) is 1.80. The van der Waals surface area contributed by atoms with Crippen LogP contribution in [0, 0.1) is 0 Å². The predicted molar refractivity (Wildman–Crippen MR) is 70.1 cm³/mol. The highest BCUT2D eigenvalue weighted by molar-refractivity contribution is 6.08. The molecule has 5 heteroatoms. The third kappa shape index (κ3) is 2.64. The topological polar surface area (TPSA) is 44.1 Å². The highest BCUT2D eigenvalue weighted by Gasteiger charge is 2.15. The van der Waals surface area contributed by atoms with Gasteiger partial charge in [0.2, 0.25) is 5.82 Å². The van der Waals surface area contributed by atoms with Gasteiger partial charge in [-0.05, 0) is 18.6 Å². The predicted octanol–water partition coefficient (Wildman–Crippen LogP) is 1.80. The van der Waals surface area contributed by atoms with E-state index in [9.17, 15) is 4.79 Å². The molecule has 18 heavy (non-hydrogen) atoms. The standard InChI is InChI=1S/C13H14N2O2.Al.H/c1-2-6-10-9-15(12(14-10)13(16)17)11-7-4-3-5-8-11;;/h3-5,7-9H,2,6H2,1H3,(H,16,17);;/q;+1;/p-1. The Morgan fingerprint density at radius 2 is 2.11 bits per heavy atom. The molecular weight excluding hydrogens is 243 g/mol. The summed E-state index contributed by atoms with van der Waals surface area (Å²) in [5.41, 5.74) is 1.82. The molecule has 1 heterocycles. The second-order valence-electron chi connectivity index (χ2n) is 3.94. The van der Waals surface area contributed by atoms with Gasteiger partial charge in [-0.15, -0.1) is 0 Å². The molecule has 1 radical (unpaired) electrons. The SMILES string of the molecule is CCCc1cn(-c2ccccc2)c(C(=O)[O][AlH])n1. The molecule has 2 rings (SSSR count). The van der Waals surface area contributed by atoms with Crippen LogP contribution in [0.15, 0.2) is 36.5 Å². The maximum atomic E-state index is 11.7. The third-order valence-electron chi connectivity index (χ3n) is 2.61. The van der Waals surface area contributed by atoms with Crippen LogP contribution < -0.4 is 0 Å². The second kappa shape index (κ2) is 5.85. The van der Waals surface area contributed by atoms with Crippen molar-refractivity contribution in [3.63, 3.8) is 0 Å². The minimum Gasteiger partial charge on any atom is -0.619 e. The number of carbonyl (C=O) groups is 1. The number of aryl methyl sites for hydroxylation is 1. The molecule has 0 aliphatic heterocycles. The molecule has 0 saturated heterocycles. The van der Waals surface area contributed by atoms with E-state index in [1.54, 1.807) is 4.57 Å². The Hall–Kier alpha value is -1.57. The molecule has 1 aromatic carbocycles. The average Bonchev–Trinajstić information content (AvgIpc) is 2.83. The van der Waals surface area contributed by atoms with E-state index in [1.807, 2.05) is 36.5 Å². The molecule has 0 unspecified atom stereocenters. The van der Waals surface area contributed by atoms with Crippen LogP contribution in [-0.2, 0) is 10.2 Å². The number of rotatable bonds is 4. The van der Waals surface area contributed by atoms with E-state index in [4.69, 9.17) is 3.79 Å². The Balaban J connectivity index is 2.47. The normalized spacial score (nSPS) is 10.3. The summed E-state index contributed by atoms with van der Waals surface area (Å²) in [5, 5.41) is 0. The first kappa shape index (κ1) is 12.9. The Morgan fingerprint density at radius 1 is 1.39 bits per heavy atom. The lowest BCUT2D eigenvalue weighted by Crippen LogP contribution is -2.10. The van der Waals surface area contributed by atoms with E-state index in [1.165, 1.54) is 16.6 Å². The molecule has 0 saturated carbocycles. The van der Waals surface area contributed by atoms with E-state index < -0.39 is 5.97 Å². The Kier molecular flexibility index (Phi) is 4.19. The van der Waals surface area contributed by atoms with Crippen LogP contribution in [0.1, 0.15) is 29.7 Å². The first-order valence-electron chi connectivity index (χ1n) is 5.86. The molecule has 0 fully saturated rings. The molecule has 0 amide bonds. The number of imidazole rings is 1. The third-order valence-corrected chi connectivity index (χ3v) is 2.87. The summed E-state index contributed by atoms with van der Waals surface area (Å²) >= 11 is 1.17. The summed E-state index contributed by atoms with van der Waals surface area (Å²) in [7, 11) is 0. The number of nitrogens with zero attached hydrogens (tertiary/aromatic N) is 2. The Morgan fingerprint density at radius 3 is 2.72 bits per heavy atom. The molecule has 2 aromatic rings. The zero-order chi connectivity index (χ0) is 13.0. The van der Waals surface area contributed by atoms with Crippen LogP contribution in [0.5, 0.6) is 0 Å². The van der Waals surface area contributed by atoms with Gasteiger partial charge < -0.3 is 3.79 Å². The zero-order valence-electron chi connectivity index (χ0n) is 10.3. The van der Waals surface area contributed by atoms with Crippen LogP contribution >= 0.6 is 0 Å². The van der Waals surface area contributed by atoms with Crippen molar-refractivity contribution >= 4 is 22.6 Å². The molecular formula is C13H14AlN2O2. The highest BCUT2D eigenvalue weighted by Crippen LogP contribution is 2.14. The maximum Gasteiger partial charge on any atom is 0.497 e. The van der Waals surface area contributed by atoms with Gasteiger partial charge in [0, 0.05) is 11.9 Å². The van der Waals surface area contributed by atoms with Crippen molar-refractivity contribution in [3.8, 4) is 5.69 Å². The van der Waals surface area contributed by atoms with E-state index in [0.29, 0.717) is 5.82 Å². The molecule has 91 valence electrons. The van der Waals surface area contributed by atoms with Crippen molar-refractivity contribution in [3.05, 3.63) is 48.0 Å². The van der Waals surface area contributed by atoms with Crippen molar-refractivity contribution in [1.82, 2.24) is 9.55 Å². The molecule has 0 aliphatic rings. The second-order valence-corrected chi connectivity index (χ2v) is 4.23. The number of aromatic nitrogens is 2. The van der Waals surface area contributed by atoms with Crippen molar-refractivity contribution in [2.45, 2.75) is 19.8 Å². The number of para-hydroxylation sites is 1. The van der Waals surface area contributed by atoms with Crippen molar-refractivity contribution in [2.24, 2.45) is 0 Å². The van der Waals surface area contributed by atoms with Crippen LogP contribution in [0.4, 0.5) is 0 Å². The van der Waals surface area contributed by atoms with Crippen molar-refractivity contribution in [2.75, 3.05) is 0 Å². The summed E-state index contributed by atoms with van der Waals surface area (Å²) < 4.78 is 6.57. The summed E-state index contributed by atoms with van der Waals surface area (Å²) in [5.74, 6) is -0.0702. The van der Waals surface area contributed by atoms with Gasteiger partial charge in [-0.3, -0.25) is 4.57 Å². The fraction of sp³-hybridized carbons (Fsp3) is 0.231. The minimum atomic E-state index is -0.403. The summed E-state index contributed by atoms with van der Waals surface area (Å²) in [4.78, 5) is 16.1. The van der Waals surface area contributed by atoms with E-state index in [0.717, 1.165) is 24.2 Å². The van der Waals surface area contributed by atoms with Gasteiger partial charge in [0.1, 0.15) is 0 Å². The van der Waals surface area contributed by atoms with Crippen molar-refractivity contribution in [1.29, 1.82) is 0 Å². The summed E-state index contributed by atoms with van der Waals surface area (Å²) in [6, 6.07) is 9.67. The van der Waals surface area contributed by atoms with E-state index >= 15 is 0 Å². The molecule has 0 aliphatic carbocycles. The summed E-state index contributed by atoms with van der Waals surface area (Å²) in [6.45, 7) is 2.08. The molecule has 0 N–H and O–H groups in total. The van der Waals surface area contributed by atoms with Gasteiger partial charge >= 0.3 is 22.6 Å². The monoisotopic (exact) mass is 257 g/mol. The smallest absolute Gasteiger partial charge is 0.497 e. The summed E-state index contributed by atoms with van der Waals surface area (Å²) in [6.07, 6.45) is 3.74. The Labute approximate surface area is 114 Å². The highest BCUT2D eigenvalue weighted by atomic mass is 27.1. The van der Waals surface area contributed by atoms with Crippen LogP contribution in [-0.4, -0.2) is 32.1 Å². The first-order valence-corrected chi connectivity index (χ1v) is 6.44. The lowest BCUT2D eigenvalue weighted by atomic mass is 10.3. The molecule has 0 spiro atoms. The van der Waals surface area contributed by atoms with Gasteiger partial charge in [-0.1, -0.05) is 31.5 Å². The largest absolute Gasteiger partial charge is 0.619 e. The number of hydrogen-bond donors (Lipinski definition) is 0. The van der Waals surface area contributed by atoms with Gasteiger partial charge in [0.25, 0.3) is 0 Å². The maximum absolute atomic E-state index is 11.7. The fourth-order valence-corrected chi connectivity index (χ4v) is 1.93. The van der Waals surface area contributed by atoms with Crippen LogP contribution in [0.25, 0.3) is 5.69 Å². The average molecular weight is 257 g/mol. The van der Waals surface area contributed by atoms with E-state index in [2.05, 4.69) is 11.9 Å². The van der Waals surface area contributed by atoms with Crippen LogP contribution in [0.2, 0.25) is 0 Å². The van der Waals surface area contributed by atoms with Crippen LogP contribution in [0.3, 0.4) is 0 Å². The lowest BCUT2D eigenvalue weighted by Gasteiger charge is -2.06. The first-order chi connectivity index (χ1) is 8.76. The quantitative estimate of drug-likeness (QED) is 0.784. The zero-order valence-corrected chi connectivity index (χ0v) is 11.7. The Bertz CT molecular complexity index is 537. The molecule has 1 aromatic heterocycles. The van der Waals surface area contributed by atoms with E-state index in [-0.39, 0.29) is 0 Å². The van der Waals surface area contributed by atoms with Gasteiger partial charge in [0.05, 0.1) is 5.69 Å². The molecule has 0 atom stereocenters. The number of carbonyl (C=O) groups excluding carboxylic acids is 1. The minimum absolute atomic E-state index is 0.333. The van der Waals surface area contributed by atoms with Gasteiger partial charge in [0.15, 0.2) is 0 Å². The molecule has 0 bridgehead atoms.